The standard InChI is InChI=1S/C11H14BrFO3/c1-11(2,14)8-6(12)5-7(13)9(15-3)10(8)16-4/h5,14H,1-4H3. The van der Waals surface area contributed by atoms with Gasteiger partial charge in [-0.05, 0) is 19.9 Å². The zero-order chi connectivity index (χ0) is 12.5. The molecule has 0 atom stereocenters. The highest BCUT2D eigenvalue weighted by molar-refractivity contribution is 9.10. The third-order valence-electron chi connectivity index (χ3n) is 2.16. The lowest BCUT2D eigenvalue weighted by atomic mass is 9.97. The van der Waals surface area contributed by atoms with Gasteiger partial charge < -0.3 is 14.6 Å². The van der Waals surface area contributed by atoms with Crippen LogP contribution in [0.3, 0.4) is 0 Å². The van der Waals surface area contributed by atoms with E-state index in [2.05, 4.69) is 15.9 Å². The van der Waals surface area contributed by atoms with E-state index in [0.717, 1.165) is 0 Å². The van der Waals surface area contributed by atoms with E-state index in [0.29, 0.717) is 10.0 Å². The molecule has 0 fully saturated rings. The van der Waals surface area contributed by atoms with E-state index in [1.165, 1.54) is 20.3 Å². The predicted octanol–water partition coefficient (Wildman–Crippen LogP) is 2.83. The molecule has 0 saturated carbocycles. The van der Waals surface area contributed by atoms with Crippen LogP contribution >= 0.6 is 15.9 Å². The number of hydrogen-bond acceptors (Lipinski definition) is 3. The van der Waals surface area contributed by atoms with Crippen molar-refractivity contribution in [3.05, 3.63) is 21.9 Å². The summed E-state index contributed by atoms with van der Waals surface area (Å²) in [5, 5.41) is 10.0. The van der Waals surface area contributed by atoms with Crippen molar-refractivity contribution in [3.63, 3.8) is 0 Å². The summed E-state index contributed by atoms with van der Waals surface area (Å²) in [4.78, 5) is 0. The van der Waals surface area contributed by atoms with Crippen molar-refractivity contribution in [1.82, 2.24) is 0 Å². The maximum atomic E-state index is 13.5. The molecular formula is C11H14BrFO3. The average molecular weight is 293 g/mol. The molecule has 16 heavy (non-hydrogen) atoms. The Morgan fingerprint density at radius 2 is 1.75 bits per heavy atom. The molecule has 1 aromatic carbocycles. The Morgan fingerprint density at radius 3 is 2.12 bits per heavy atom. The molecule has 0 bridgehead atoms. The molecule has 0 spiro atoms. The summed E-state index contributed by atoms with van der Waals surface area (Å²) in [6.45, 7) is 3.18. The normalized spacial score (nSPS) is 11.4. The van der Waals surface area contributed by atoms with Crippen LogP contribution < -0.4 is 9.47 Å². The van der Waals surface area contributed by atoms with E-state index < -0.39 is 11.4 Å². The zero-order valence-electron chi connectivity index (χ0n) is 9.60. The van der Waals surface area contributed by atoms with Gasteiger partial charge in [-0.2, -0.15) is 0 Å². The van der Waals surface area contributed by atoms with Gasteiger partial charge in [0.05, 0.1) is 19.8 Å². The molecule has 1 aromatic rings. The number of aliphatic hydroxyl groups is 1. The van der Waals surface area contributed by atoms with Gasteiger partial charge in [-0.1, -0.05) is 15.9 Å². The number of rotatable bonds is 3. The number of benzene rings is 1. The van der Waals surface area contributed by atoms with Crippen molar-refractivity contribution in [1.29, 1.82) is 0 Å². The highest BCUT2D eigenvalue weighted by Gasteiger charge is 2.28. The summed E-state index contributed by atoms with van der Waals surface area (Å²) in [6, 6.07) is 1.24. The topological polar surface area (TPSA) is 38.7 Å². The van der Waals surface area contributed by atoms with Gasteiger partial charge in [0.25, 0.3) is 0 Å². The molecule has 0 aliphatic heterocycles. The fourth-order valence-corrected chi connectivity index (χ4v) is 2.40. The molecule has 1 rings (SSSR count). The number of ether oxygens (including phenoxy) is 2. The van der Waals surface area contributed by atoms with Gasteiger partial charge in [0, 0.05) is 10.0 Å². The van der Waals surface area contributed by atoms with Gasteiger partial charge in [-0.25, -0.2) is 4.39 Å². The van der Waals surface area contributed by atoms with Crippen LogP contribution in [-0.2, 0) is 5.60 Å². The molecule has 0 amide bonds. The van der Waals surface area contributed by atoms with Crippen LogP contribution in [0.2, 0.25) is 0 Å². The molecule has 0 aliphatic carbocycles. The number of halogens is 2. The van der Waals surface area contributed by atoms with Gasteiger partial charge in [0.15, 0.2) is 17.3 Å². The predicted molar refractivity (Wildman–Crippen MR) is 62.4 cm³/mol. The van der Waals surface area contributed by atoms with Crippen LogP contribution in [0, 0.1) is 5.82 Å². The minimum absolute atomic E-state index is 0.0113. The summed E-state index contributed by atoms with van der Waals surface area (Å²) >= 11 is 3.20. The molecule has 0 radical (unpaired) electrons. The smallest absolute Gasteiger partial charge is 0.197 e. The molecule has 0 heterocycles. The Labute approximate surface area is 102 Å². The van der Waals surface area contributed by atoms with Gasteiger partial charge in [-0.15, -0.1) is 0 Å². The first kappa shape index (κ1) is 13.3. The van der Waals surface area contributed by atoms with E-state index in [-0.39, 0.29) is 11.5 Å². The lowest BCUT2D eigenvalue weighted by Gasteiger charge is -2.24. The fourth-order valence-electron chi connectivity index (χ4n) is 1.53. The van der Waals surface area contributed by atoms with Crippen molar-refractivity contribution < 1.29 is 19.0 Å². The Bertz CT molecular complexity index is 399. The van der Waals surface area contributed by atoms with E-state index in [4.69, 9.17) is 9.47 Å². The molecule has 0 unspecified atom stereocenters. The molecule has 0 saturated heterocycles. The van der Waals surface area contributed by atoms with E-state index in [1.54, 1.807) is 13.8 Å². The van der Waals surface area contributed by atoms with Crippen LogP contribution in [0.1, 0.15) is 19.4 Å². The number of hydrogen-bond donors (Lipinski definition) is 1. The molecule has 5 heteroatoms. The number of methoxy groups -OCH3 is 2. The SMILES string of the molecule is COc1c(F)cc(Br)c(C(C)(C)O)c1OC. The maximum Gasteiger partial charge on any atom is 0.197 e. The van der Waals surface area contributed by atoms with Gasteiger partial charge in [0.2, 0.25) is 0 Å². The largest absolute Gasteiger partial charge is 0.492 e. The molecule has 0 aliphatic rings. The Balaban J connectivity index is 3.59. The highest BCUT2D eigenvalue weighted by atomic mass is 79.9. The second-order valence-electron chi connectivity index (χ2n) is 3.84. The molecule has 0 aromatic heterocycles. The van der Waals surface area contributed by atoms with Gasteiger partial charge in [-0.3, -0.25) is 0 Å². The Hall–Kier alpha value is -0.810. The summed E-state index contributed by atoms with van der Waals surface area (Å²) in [6.07, 6.45) is 0. The van der Waals surface area contributed by atoms with E-state index >= 15 is 0 Å². The van der Waals surface area contributed by atoms with Crippen molar-refractivity contribution in [3.8, 4) is 11.5 Å². The van der Waals surface area contributed by atoms with E-state index in [9.17, 15) is 9.50 Å². The van der Waals surface area contributed by atoms with Crippen molar-refractivity contribution in [2.75, 3.05) is 14.2 Å². The maximum absolute atomic E-state index is 13.5. The zero-order valence-corrected chi connectivity index (χ0v) is 11.2. The quantitative estimate of drug-likeness (QED) is 0.931. The van der Waals surface area contributed by atoms with Crippen molar-refractivity contribution >= 4 is 15.9 Å². The van der Waals surface area contributed by atoms with Gasteiger partial charge in [0.1, 0.15) is 0 Å². The third kappa shape index (κ3) is 2.30. The highest BCUT2D eigenvalue weighted by Crippen LogP contribution is 2.43. The van der Waals surface area contributed by atoms with Crippen LogP contribution in [0.5, 0.6) is 11.5 Å². The lowest BCUT2D eigenvalue weighted by Crippen LogP contribution is -2.18. The average Bonchev–Trinajstić information content (AvgIpc) is 2.14. The molecule has 3 nitrogen and oxygen atoms in total. The fraction of sp³-hybridized carbons (Fsp3) is 0.455. The first-order chi connectivity index (χ1) is 7.32. The van der Waals surface area contributed by atoms with Gasteiger partial charge >= 0.3 is 0 Å². The van der Waals surface area contributed by atoms with Crippen LogP contribution in [0.15, 0.2) is 10.5 Å². The van der Waals surface area contributed by atoms with E-state index in [1.807, 2.05) is 0 Å². The second-order valence-corrected chi connectivity index (χ2v) is 4.70. The Kier molecular flexibility index (Phi) is 3.80. The lowest BCUT2D eigenvalue weighted by molar-refractivity contribution is 0.0741. The Morgan fingerprint density at radius 1 is 1.25 bits per heavy atom. The van der Waals surface area contributed by atoms with Crippen molar-refractivity contribution in [2.24, 2.45) is 0 Å². The molecule has 1 N–H and O–H groups in total. The first-order valence-electron chi connectivity index (χ1n) is 4.65. The third-order valence-corrected chi connectivity index (χ3v) is 2.79. The minimum Gasteiger partial charge on any atom is -0.492 e. The molecular weight excluding hydrogens is 279 g/mol. The monoisotopic (exact) mass is 292 g/mol. The summed E-state index contributed by atoms with van der Waals surface area (Å²) < 4.78 is 24.0. The second kappa shape index (κ2) is 4.59. The van der Waals surface area contributed by atoms with Crippen LogP contribution in [0.25, 0.3) is 0 Å². The first-order valence-corrected chi connectivity index (χ1v) is 5.45. The van der Waals surface area contributed by atoms with Crippen LogP contribution in [-0.4, -0.2) is 19.3 Å². The summed E-state index contributed by atoms with van der Waals surface area (Å²) in [5.41, 5.74) is -0.709. The summed E-state index contributed by atoms with van der Waals surface area (Å²) in [7, 11) is 2.75. The van der Waals surface area contributed by atoms with Crippen LogP contribution in [0.4, 0.5) is 4.39 Å². The minimum atomic E-state index is -1.16. The summed E-state index contributed by atoms with van der Waals surface area (Å²) in [5.74, 6) is -0.357. The van der Waals surface area contributed by atoms with Crippen molar-refractivity contribution in [2.45, 2.75) is 19.4 Å². The molecule has 90 valence electrons.